The number of carbonyl (C=O) groups is 3. The summed E-state index contributed by atoms with van der Waals surface area (Å²) < 4.78 is 5.63. The second-order valence-corrected chi connectivity index (χ2v) is 14.9. The summed E-state index contributed by atoms with van der Waals surface area (Å²) in [5, 5.41) is 3.68. The molecule has 2 aliphatic heterocycles. The van der Waals surface area contributed by atoms with Crippen molar-refractivity contribution in [3.63, 3.8) is 0 Å². The van der Waals surface area contributed by atoms with Gasteiger partial charge in [0.2, 0.25) is 5.91 Å². The maximum Gasteiger partial charge on any atom is 0.255 e. The van der Waals surface area contributed by atoms with E-state index < -0.39 is 20.2 Å². The van der Waals surface area contributed by atoms with Crippen LogP contribution >= 0.6 is 0 Å². The summed E-state index contributed by atoms with van der Waals surface area (Å²) >= 11 is 0. The number of carbonyl (C=O) groups excluding carboxylic acids is 3. The van der Waals surface area contributed by atoms with Crippen molar-refractivity contribution in [3.8, 4) is 0 Å². The fraction of sp³-hybridized carbons (Fsp3) is 0.571. The lowest BCUT2D eigenvalue weighted by Gasteiger charge is -2.35. The number of nitrogens with zero attached hydrogens (tertiary/aromatic N) is 5. The van der Waals surface area contributed by atoms with Gasteiger partial charge in [0.15, 0.2) is 0 Å². The molecule has 1 fully saturated rings. The van der Waals surface area contributed by atoms with Crippen LogP contribution in [0.25, 0.3) is 10.4 Å². The topological polar surface area (TPSA) is 116 Å². The van der Waals surface area contributed by atoms with E-state index in [9.17, 15) is 14.4 Å². The molecule has 1 aromatic carbocycles. The minimum absolute atomic E-state index is 0.0680. The van der Waals surface area contributed by atoms with Crippen LogP contribution in [0, 0.1) is 0 Å². The van der Waals surface area contributed by atoms with E-state index in [2.05, 4.69) is 29.7 Å². The molecule has 10 heteroatoms. The summed E-state index contributed by atoms with van der Waals surface area (Å²) in [7, 11) is -1.27. The second-order valence-electron chi connectivity index (χ2n) is 9.29. The predicted octanol–water partition coefficient (Wildman–Crippen LogP) is 3.84. The number of likely N-dealkylation sites (tertiary alicyclic amines) is 1. The maximum atomic E-state index is 13.1. The van der Waals surface area contributed by atoms with Gasteiger partial charge in [-0.25, -0.2) is 0 Å². The molecule has 31 heavy (non-hydrogen) atoms. The predicted molar refractivity (Wildman–Crippen MR) is 118 cm³/mol. The number of rotatable bonds is 8. The number of ether oxygens (including phenoxy) is 1. The van der Waals surface area contributed by atoms with Gasteiger partial charge in [-0.1, -0.05) is 43.8 Å². The molecule has 0 bridgehead atoms. The lowest BCUT2D eigenvalue weighted by molar-refractivity contribution is -0.158. The second kappa shape index (κ2) is 9.21. The van der Waals surface area contributed by atoms with Crippen molar-refractivity contribution in [3.05, 3.63) is 45.3 Å². The Morgan fingerprint density at radius 2 is 2.03 bits per heavy atom. The van der Waals surface area contributed by atoms with Crippen molar-refractivity contribution >= 4 is 25.8 Å². The minimum Gasteiger partial charge on any atom is -0.361 e. The van der Waals surface area contributed by atoms with E-state index in [4.69, 9.17) is 10.3 Å². The molecule has 0 spiro atoms. The molecular weight excluding hydrogens is 414 g/mol. The zero-order chi connectivity index (χ0) is 22.8. The number of benzene rings is 1. The Balaban J connectivity index is 1.70. The summed E-state index contributed by atoms with van der Waals surface area (Å²) in [6, 6.07) is 5.27. The molecule has 0 radical (unpaired) electrons. The van der Waals surface area contributed by atoms with Crippen molar-refractivity contribution in [2.45, 2.75) is 64.1 Å². The third-order valence-electron chi connectivity index (χ3n) is 5.75. The third-order valence-corrected chi connectivity index (χ3v) is 7.45. The molecule has 0 N–H and O–H groups in total. The number of hydrogen-bond acceptors (Lipinski definition) is 5. The molecule has 9 nitrogen and oxygen atoms in total. The van der Waals surface area contributed by atoms with Crippen LogP contribution in [0.5, 0.6) is 0 Å². The Kier molecular flexibility index (Phi) is 6.83. The van der Waals surface area contributed by atoms with E-state index >= 15 is 0 Å². The first-order valence-electron chi connectivity index (χ1n) is 10.5. The molecule has 2 heterocycles. The van der Waals surface area contributed by atoms with Crippen molar-refractivity contribution in [2.24, 2.45) is 5.11 Å². The fourth-order valence-electron chi connectivity index (χ4n) is 3.78. The molecule has 3 rings (SSSR count). The lowest BCUT2D eigenvalue weighted by atomic mass is 10.0. The largest absolute Gasteiger partial charge is 0.361 e. The summed E-state index contributed by atoms with van der Waals surface area (Å²) in [5.41, 5.74) is 10.7. The van der Waals surface area contributed by atoms with Gasteiger partial charge in [-0.2, -0.15) is 0 Å². The SMILES string of the molecule is CC(N=[N+]=[N-])c1ccc2c(c1)C(=O)N(C1CCC(=O)N(COCC[Si](C)(C)C)C1=O)C2. The highest BCUT2D eigenvalue weighted by atomic mass is 28.3. The average molecular weight is 444 g/mol. The van der Waals surface area contributed by atoms with Crippen LogP contribution in [-0.4, -0.2) is 55.0 Å². The quantitative estimate of drug-likeness (QED) is 0.151. The first-order chi connectivity index (χ1) is 14.6. The number of piperidine rings is 1. The molecule has 2 aliphatic rings. The van der Waals surface area contributed by atoms with E-state index in [1.54, 1.807) is 13.0 Å². The number of imide groups is 1. The van der Waals surface area contributed by atoms with Crippen molar-refractivity contribution in [1.29, 1.82) is 0 Å². The summed E-state index contributed by atoms with van der Waals surface area (Å²) in [6.07, 6.45) is 0.512. The van der Waals surface area contributed by atoms with Crippen molar-refractivity contribution in [2.75, 3.05) is 13.3 Å². The molecule has 0 aliphatic carbocycles. The van der Waals surface area contributed by atoms with Crippen molar-refractivity contribution in [1.82, 2.24) is 9.80 Å². The van der Waals surface area contributed by atoms with Crippen LogP contribution in [0.1, 0.15) is 47.3 Å². The lowest BCUT2D eigenvalue weighted by Crippen LogP contribution is -2.55. The van der Waals surface area contributed by atoms with E-state index in [0.717, 1.165) is 22.1 Å². The number of azide groups is 1. The Morgan fingerprint density at radius 3 is 2.71 bits per heavy atom. The van der Waals surface area contributed by atoms with Gasteiger partial charge in [-0.3, -0.25) is 19.3 Å². The zero-order valence-electron chi connectivity index (χ0n) is 18.5. The average Bonchev–Trinajstić information content (AvgIpc) is 3.02. The highest BCUT2D eigenvalue weighted by molar-refractivity contribution is 6.76. The molecule has 0 saturated carbocycles. The molecule has 0 aromatic heterocycles. The number of hydrogen-bond donors (Lipinski definition) is 0. The Labute approximate surface area is 183 Å². The Hall–Kier alpha value is -2.68. The van der Waals surface area contributed by atoms with Crippen LogP contribution in [0.3, 0.4) is 0 Å². The Morgan fingerprint density at radius 1 is 1.29 bits per heavy atom. The summed E-state index contributed by atoms with van der Waals surface area (Å²) in [4.78, 5) is 44.0. The van der Waals surface area contributed by atoms with Crippen LogP contribution in [-0.2, 0) is 20.9 Å². The number of amides is 3. The van der Waals surface area contributed by atoms with Crippen LogP contribution in [0.4, 0.5) is 0 Å². The standard InChI is InChI=1S/C21H29N5O4Si/c1-14(23-24-22)15-5-6-16-12-25(20(28)17(16)11-15)18-7-8-19(27)26(21(18)29)13-30-9-10-31(2,3)4/h5-6,11,14,18H,7-10,12-13H2,1-4H3. The van der Waals surface area contributed by atoms with Crippen LogP contribution < -0.4 is 0 Å². The highest BCUT2D eigenvalue weighted by Crippen LogP contribution is 2.31. The highest BCUT2D eigenvalue weighted by Gasteiger charge is 2.42. The van der Waals surface area contributed by atoms with Gasteiger partial charge in [0.25, 0.3) is 11.8 Å². The van der Waals surface area contributed by atoms with Gasteiger partial charge in [0, 0.05) is 38.1 Å². The zero-order valence-corrected chi connectivity index (χ0v) is 19.5. The van der Waals surface area contributed by atoms with Gasteiger partial charge in [-0.05, 0) is 35.2 Å². The third kappa shape index (κ3) is 5.15. The monoisotopic (exact) mass is 443 g/mol. The van der Waals surface area contributed by atoms with E-state index in [1.165, 1.54) is 4.90 Å². The molecule has 3 amide bonds. The van der Waals surface area contributed by atoms with Gasteiger partial charge >= 0.3 is 0 Å². The smallest absolute Gasteiger partial charge is 0.255 e. The Bertz CT molecular complexity index is 938. The molecule has 166 valence electrons. The summed E-state index contributed by atoms with van der Waals surface area (Å²) in [6.45, 7) is 9.23. The van der Waals surface area contributed by atoms with Crippen molar-refractivity contribution < 1.29 is 19.1 Å². The summed E-state index contributed by atoms with van der Waals surface area (Å²) in [5.74, 6) is -0.880. The first kappa shape index (κ1) is 23.0. The van der Waals surface area contributed by atoms with E-state index in [0.29, 0.717) is 25.1 Å². The first-order valence-corrected chi connectivity index (χ1v) is 14.2. The maximum absolute atomic E-state index is 13.1. The van der Waals surface area contributed by atoms with E-state index in [-0.39, 0.29) is 30.9 Å². The van der Waals surface area contributed by atoms with Crippen LogP contribution in [0.15, 0.2) is 23.3 Å². The molecular formula is C21H29N5O4Si. The number of fused-ring (bicyclic) bond motifs is 1. The van der Waals surface area contributed by atoms with Gasteiger partial charge in [0.1, 0.15) is 12.8 Å². The van der Waals surface area contributed by atoms with Gasteiger partial charge in [-0.15, -0.1) is 0 Å². The molecule has 2 unspecified atom stereocenters. The van der Waals surface area contributed by atoms with Gasteiger partial charge in [0.05, 0.1) is 6.04 Å². The normalized spacial score (nSPS) is 20.0. The van der Waals surface area contributed by atoms with E-state index in [1.807, 2.05) is 12.1 Å². The molecule has 1 aromatic rings. The fourth-order valence-corrected chi connectivity index (χ4v) is 4.53. The van der Waals surface area contributed by atoms with Crippen LogP contribution in [0.2, 0.25) is 25.7 Å². The molecule has 2 atom stereocenters. The minimum atomic E-state index is -1.27. The van der Waals surface area contributed by atoms with Gasteiger partial charge < -0.3 is 9.64 Å². The molecule has 1 saturated heterocycles.